The van der Waals surface area contributed by atoms with Crippen molar-refractivity contribution in [3.63, 3.8) is 0 Å². The minimum atomic E-state index is -0.882. The van der Waals surface area contributed by atoms with Crippen LogP contribution in [0.1, 0.15) is 19.3 Å². The lowest BCUT2D eigenvalue weighted by Gasteiger charge is -2.34. The van der Waals surface area contributed by atoms with Crippen LogP contribution in [0.4, 0.5) is 4.79 Å². The van der Waals surface area contributed by atoms with Crippen LogP contribution in [0.3, 0.4) is 0 Å². The van der Waals surface area contributed by atoms with E-state index in [2.05, 4.69) is 10.0 Å². The topological polar surface area (TPSA) is 86.1 Å². The second-order valence-corrected chi connectivity index (χ2v) is 3.31. The van der Waals surface area contributed by atoms with Crippen molar-refractivity contribution in [2.75, 3.05) is 19.8 Å². The van der Waals surface area contributed by atoms with E-state index >= 15 is 0 Å². The zero-order chi connectivity index (χ0) is 9.73. The van der Waals surface area contributed by atoms with Crippen LogP contribution in [0.15, 0.2) is 5.11 Å². The summed E-state index contributed by atoms with van der Waals surface area (Å²) in [6, 6.07) is 0. The van der Waals surface area contributed by atoms with Crippen LogP contribution in [-0.2, 0) is 0 Å². The quantitative estimate of drug-likeness (QED) is 0.308. The number of azide groups is 1. The highest BCUT2D eigenvalue weighted by Crippen LogP contribution is 2.19. The normalized spacial score (nSPS) is 20.3. The Hall–Kier alpha value is -1.26. The SMILES string of the molecule is [N-]=[N+]=NC[N+]1(C(=O)O)CCCCC1. The molecule has 1 aliphatic rings. The lowest BCUT2D eigenvalue weighted by molar-refractivity contribution is -0.861. The van der Waals surface area contributed by atoms with Gasteiger partial charge in [0.1, 0.15) is 0 Å². The summed E-state index contributed by atoms with van der Waals surface area (Å²) < 4.78 is -0.0932. The molecule has 0 aromatic rings. The first kappa shape index (κ1) is 9.83. The Labute approximate surface area is 76.0 Å². The molecule has 1 saturated heterocycles. The fraction of sp³-hybridized carbons (Fsp3) is 0.857. The molecule has 0 unspecified atom stereocenters. The lowest BCUT2D eigenvalue weighted by Crippen LogP contribution is -2.55. The van der Waals surface area contributed by atoms with Crippen LogP contribution < -0.4 is 0 Å². The molecule has 6 nitrogen and oxygen atoms in total. The number of likely N-dealkylation sites (tertiary alicyclic amines) is 1. The van der Waals surface area contributed by atoms with Crippen molar-refractivity contribution in [2.45, 2.75) is 19.3 Å². The van der Waals surface area contributed by atoms with E-state index < -0.39 is 6.09 Å². The van der Waals surface area contributed by atoms with Crippen molar-refractivity contribution in [3.8, 4) is 0 Å². The highest BCUT2D eigenvalue weighted by Gasteiger charge is 2.37. The van der Waals surface area contributed by atoms with Crippen LogP contribution in [-0.4, -0.2) is 35.4 Å². The Kier molecular flexibility index (Phi) is 3.11. The van der Waals surface area contributed by atoms with Gasteiger partial charge in [0.2, 0.25) is 0 Å². The third-order valence-electron chi connectivity index (χ3n) is 2.48. The zero-order valence-electron chi connectivity index (χ0n) is 7.39. The first-order chi connectivity index (χ1) is 6.21. The molecule has 6 heteroatoms. The van der Waals surface area contributed by atoms with Crippen LogP contribution in [0.2, 0.25) is 0 Å². The number of amides is 1. The average molecular weight is 185 g/mol. The number of rotatable bonds is 2. The largest absolute Gasteiger partial charge is 0.513 e. The summed E-state index contributed by atoms with van der Waals surface area (Å²) in [5.41, 5.74) is 8.15. The van der Waals surface area contributed by atoms with E-state index in [1.807, 2.05) is 0 Å². The molecule has 72 valence electrons. The zero-order valence-corrected chi connectivity index (χ0v) is 7.39. The van der Waals surface area contributed by atoms with Crippen molar-refractivity contribution in [1.29, 1.82) is 0 Å². The van der Waals surface area contributed by atoms with Crippen LogP contribution in [0, 0.1) is 0 Å². The van der Waals surface area contributed by atoms with E-state index in [4.69, 9.17) is 10.6 Å². The predicted molar refractivity (Wildman–Crippen MR) is 45.9 cm³/mol. The molecule has 0 radical (unpaired) electrons. The van der Waals surface area contributed by atoms with E-state index in [1.165, 1.54) is 0 Å². The smallest absolute Gasteiger partial charge is 0.435 e. The first-order valence-electron chi connectivity index (χ1n) is 4.32. The van der Waals surface area contributed by atoms with Crippen molar-refractivity contribution < 1.29 is 14.4 Å². The molecule has 1 amide bonds. The molecule has 1 N–H and O–H groups in total. The third kappa shape index (κ3) is 2.11. The number of hydrogen-bond acceptors (Lipinski definition) is 2. The molecule has 0 aromatic carbocycles. The maximum absolute atomic E-state index is 11.0. The van der Waals surface area contributed by atoms with Crippen molar-refractivity contribution in [3.05, 3.63) is 10.4 Å². The molecule has 1 aliphatic heterocycles. The number of carbonyl (C=O) groups is 1. The monoisotopic (exact) mass is 185 g/mol. The first-order valence-corrected chi connectivity index (χ1v) is 4.32. The summed E-state index contributed by atoms with van der Waals surface area (Å²) in [6.07, 6.45) is 1.98. The molecule has 0 saturated carbocycles. The molecule has 1 rings (SSSR count). The fourth-order valence-electron chi connectivity index (χ4n) is 1.66. The van der Waals surface area contributed by atoms with Gasteiger partial charge in [0.25, 0.3) is 0 Å². The molecule has 13 heavy (non-hydrogen) atoms. The van der Waals surface area contributed by atoms with Gasteiger partial charge in [-0.05, 0) is 29.9 Å². The fourth-order valence-corrected chi connectivity index (χ4v) is 1.66. The molecular weight excluding hydrogens is 172 g/mol. The number of piperidine rings is 1. The van der Waals surface area contributed by atoms with Gasteiger partial charge in [0, 0.05) is 4.91 Å². The van der Waals surface area contributed by atoms with Gasteiger partial charge >= 0.3 is 6.09 Å². The van der Waals surface area contributed by atoms with Crippen molar-refractivity contribution in [1.82, 2.24) is 0 Å². The lowest BCUT2D eigenvalue weighted by atomic mass is 10.1. The summed E-state index contributed by atoms with van der Waals surface area (Å²) in [5.74, 6) is 0. The maximum Gasteiger partial charge on any atom is 0.513 e. The molecule has 0 aliphatic carbocycles. The summed E-state index contributed by atoms with van der Waals surface area (Å²) in [4.78, 5) is 13.6. The molecule has 0 bridgehead atoms. The van der Waals surface area contributed by atoms with Gasteiger partial charge in [0.05, 0.1) is 13.1 Å². The molecule has 1 fully saturated rings. The van der Waals surface area contributed by atoms with E-state index in [9.17, 15) is 4.79 Å². The molecule has 1 heterocycles. The second-order valence-electron chi connectivity index (χ2n) is 3.31. The average Bonchev–Trinajstić information content (AvgIpc) is 2.16. The molecule has 0 aromatic heterocycles. The highest BCUT2D eigenvalue weighted by molar-refractivity contribution is 5.56. The van der Waals surface area contributed by atoms with Crippen LogP contribution in [0.25, 0.3) is 10.4 Å². The van der Waals surface area contributed by atoms with Crippen molar-refractivity contribution >= 4 is 6.09 Å². The number of hydrogen-bond donors (Lipinski definition) is 1. The van der Waals surface area contributed by atoms with Crippen LogP contribution in [0.5, 0.6) is 0 Å². The summed E-state index contributed by atoms with van der Waals surface area (Å²) in [5, 5.41) is 12.4. The minimum Gasteiger partial charge on any atom is -0.435 e. The minimum absolute atomic E-state index is 0.0336. The van der Waals surface area contributed by atoms with E-state index in [0.717, 1.165) is 19.3 Å². The Morgan fingerprint density at radius 1 is 1.46 bits per heavy atom. The molecule has 0 atom stereocenters. The van der Waals surface area contributed by atoms with Gasteiger partial charge in [-0.1, -0.05) is 0 Å². The predicted octanol–water partition coefficient (Wildman–Crippen LogP) is 1.93. The summed E-state index contributed by atoms with van der Waals surface area (Å²) in [7, 11) is 0. The molecule has 0 spiro atoms. The number of quaternary nitrogens is 1. The van der Waals surface area contributed by atoms with Gasteiger partial charge in [0.15, 0.2) is 6.67 Å². The van der Waals surface area contributed by atoms with Gasteiger partial charge < -0.3 is 5.11 Å². The maximum atomic E-state index is 11.0. The van der Waals surface area contributed by atoms with Gasteiger partial charge in [-0.3, -0.25) is 0 Å². The molecular formula is C7H13N4O2+. The van der Waals surface area contributed by atoms with E-state index in [-0.39, 0.29) is 11.2 Å². The highest BCUT2D eigenvalue weighted by atomic mass is 16.4. The van der Waals surface area contributed by atoms with E-state index in [0.29, 0.717) is 13.1 Å². The summed E-state index contributed by atoms with van der Waals surface area (Å²) >= 11 is 0. The Morgan fingerprint density at radius 3 is 2.54 bits per heavy atom. The second kappa shape index (κ2) is 4.11. The Balaban J connectivity index is 2.72. The van der Waals surface area contributed by atoms with Crippen molar-refractivity contribution in [2.24, 2.45) is 5.11 Å². The van der Waals surface area contributed by atoms with E-state index in [1.54, 1.807) is 0 Å². The Morgan fingerprint density at radius 2 is 2.08 bits per heavy atom. The van der Waals surface area contributed by atoms with Gasteiger partial charge in [-0.25, -0.2) is 4.48 Å². The van der Waals surface area contributed by atoms with Crippen LogP contribution >= 0.6 is 0 Å². The van der Waals surface area contributed by atoms with Gasteiger partial charge in [-0.2, -0.15) is 4.79 Å². The standard InChI is InChI=1S/C7H12N4O2/c8-10-9-6-11(7(12)13)4-2-1-3-5-11/h1-6H2/p+1. The Bertz CT molecular complexity index is 241. The number of nitrogens with zero attached hydrogens (tertiary/aromatic N) is 4. The third-order valence-corrected chi connectivity index (χ3v) is 2.48. The summed E-state index contributed by atoms with van der Waals surface area (Å²) in [6.45, 7) is 1.19. The number of carboxylic acid groups (broad SMARTS) is 1. The van der Waals surface area contributed by atoms with Gasteiger partial charge in [-0.15, -0.1) is 0 Å².